The third-order valence-corrected chi connectivity index (χ3v) is 5.04. The van der Waals surface area contributed by atoms with Gasteiger partial charge in [-0.1, -0.05) is 37.3 Å². The van der Waals surface area contributed by atoms with Gasteiger partial charge in [-0.25, -0.2) is 4.39 Å². The third-order valence-electron chi connectivity index (χ3n) is 5.04. The Bertz CT molecular complexity index is 1160. The van der Waals surface area contributed by atoms with E-state index in [9.17, 15) is 9.18 Å². The molecular formula is C26H23FN2O2. The van der Waals surface area contributed by atoms with E-state index in [-0.39, 0.29) is 11.7 Å². The fourth-order valence-corrected chi connectivity index (χ4v) is 3.41. The van der Waals surface area contributed by atoms with Crippen LogP contribution in [-0.4, -0.2) is 10.5 Å². The van der Waals surface area contributed by atoms with Gasteiger partial charge in [0.2, 0.25) is 0 Å². The van der Waals surface area contributed by atoms with Crippen LogP contribution in [0.2, 0.25) is 0 Å². The lowest BCUT2D eigenvalue weighted by Gasteiger charge is -2.13. The average molecular weight is 414 g/mol. The van der Waals surface area contributed by atoms with Gasteiger partial charge >= 0.3 is 0 Å². The summed E-state index contributed by atoms with van der Waals surface area (Å²) in [5, 5.41) is 2.98. The van der Waals surface area contributed by atoms with Crippen LogP contribution < -0.4 is 10.1 Å². The van der Waals surface area contributed by atoms with Gasteiger partial charge in [0.05, 0.1) is 0 Å². The minimum atomic E-state index is -0.303. The van der Waals surface area contributed by atoms with Crippen molar-refractivity contribution >= 4 is 5.91 Å². The van der Waals surface area contributed by atoms with Crippen molar-refractivity contribution < 1.29 is 13.9 Å². The number of carbonyl (C=O) groups is 1. The molecule has 1 amide bonds. The van der Waals surface area contributed by atoms with Crippen molar-refractivity contribution in [1.82, 2.24) is 9.88 Å². The van der Waals surface area contributed by atoms with Crippen molar-refractivity contribution in [3.63, 3.8) is 0 Å². The second-order valence-electron chi connectivity index (χ2n) is 7.13. The molecule has 4 rings (SSSR count). The number of nitrogens with zero attached hydrogens (tertiary/aromatic N) is 1. The fourth-order valence-electron chi connectivity index (χ4n) is 3.41. The zero-order valence-electron chi connectivity index (χ0n) is 17.2. The fraction of sp³-hybridized carbons (Fsp3) is 0.115. The van der Waals surface area contributed by atoms with E-state index in [1.165, 1.54) is 17.7 Å². The van der Waals surface area contributed by atoms with Gasteiger partial charge in [-0.15, -0.1) is 0 Å². The van der Waals surface area contributed by atoms with Crippen LogP contribution in [0.5, 0.6) is 11.5 Å². The maximum Gasteiger partial charge on any atom is 0.268 e. The first-order valence-electron chi connectivity index (χ1n) is 10.2. The van der Waals surface area contributed by atoms with Gasteiger partial charge in [-0.2, -0.15) is 0 Å². The molecule has 0 aliphatic rings. The summed E-state index contributed by atoms with van der Waals surface area (Å²) in [6.45, 7) is 2.50. The van der Waals surface area contributed by atoms with E-state index < -0.39 is 0 Å². The summed E-state index contributed by atoms with van der Waals surface area (Å²) < 4.78 is 20.6. The van der Waals surface area contributed by atoms with Crippen molar-refractivity contribution in [2.24, 2.45) is 0 Å². The molecular weight excluding hydrogens is 391 g/mol. The lowest BCUT2D eigenvalue weighted by Crippen LogP contribution is -2.25. The highest BCUT2D eigenvalue weighted by Gasteiger charge is 2.13. The number of hydrogen-bond acceptors (Lipinski definition) is 2. The van der Waals surface area contributed by atoms with Gasteiger partial charge in [0.15, 0.2) is 0 Å². The molecule has 0 radical (unpaired) electrons. The molecule has 0 aliphatic carbocycles. The van der Waals surface area contributed by atoms with Crippen molar-refractivity contribution in [1.29, 1.82) is 0 Å². The zero-order chi connectivity index (χ0) is 21.6. The standard InChI is InChI=1S/C26H23FN2O2/c1-2-20-6-3-4-7-24(20)29-17-5-8-25(29)26(30)28-18-19-9-13-22(14-10-19)31-23-15-11-21(27)12-16-23/h3-17H,2,18H2,1H3,(H,28,30). The molecule has 4 aromatic rings. The number of rotatable bonds is 7. The first-order chi connectivity index (χ1) is 15.1. The predicted octanol–water partition coefficient (Wildman–Crippen LogP) is 5.90. The molecule has 0 aliphatic heterocycles. The molecule has 0 saturated carbocycles. The van der Waals surface area contributed by atoms with Gasteiger partial charge in [-0.05, 0) is 72.1 Å². The topological polar surface area (TPSA) is 43.3 Å². The predicted molar refractivity (Wildman–Crippen MR) is 119 cm³/mol. The number of amides is 1. The number of ether oxygens (including phenoxy) is 1. The van der Waals surface area contributed by atoms with E-state index in [1.54, 1.807) is 12.1 Å². The molecule has 1 aromatic heterocycles. The normalized spacial score (nSPS) is 10.6. The second-order valence-corrected chi connectivity index (χ2v) is 7.13. The Hall–Kier alpha value is -3.86. The highest BCUT2D eigenvalue weighted by molar-refractivity contribution is 5.93. The molecule has 0 saturated heterocycles. The van der Waals surface area contributed by atoms with Crippen LogP contribution in [0.4, 0.5) is 4.39 Å². The number of aromatic nitrogens is 1. The lowest BCUT2D eigenvalue weighted by atomic mass is 10.1. The smallest absolute Gasteiger partial charge is 0.268 e. The number of nitrogens with one attached hydrogen (secondary N) is 1. The Kier molecular flexibility index (Phi) is 6.13. The molecule has 31 heavy (non-hydrogen) atoms. The second kappa shape index (κ2) is 9.30. The molecule has 5 heteroatoms. The Labute approximate surface area is 180 Å². The Morgan fingerprint density at radius 1 is 0.903 bits per heavy atom. The average Bonchev–Trinajstić information content (AvgIpc) is 3.30. The first kappa shape index (κ1) is 20.4. The highest BCUT2D eigenvalue weighted by Crippen LogP contribution is 2.22. The Balaban J connectivity index is 1.40. The highest BCUT2D eigenvalue weighted by atomic mass is 19.1. The summed E-state index contributed by atoms with van der Waals surface area (Å²) >= 11 is 0. The van der Waals surface area contributed by atoms with Crippen LogP contribution in [0.1, 0.15) is 28.5 Å². The number of halogens is 1. The van der Waals surface area contributed by atoms with Gasteiger partial charge in [0.1, 0.15) is 23.0 Å². The molecule has 1 N–H and O–H groups in total. The molecule has 1 heterocycles. The van der Waals surface area contributed by atoms with E-state index in [1.807, 2.05) is 65.4 Å². The Morgan fingerprint density at radius 2 is 1.58 bits per heavy atom. The van der Waals surface area contributed by atoms with Crippen molar-refractivity contribution in [2.45, 2.75) is 19.9 Å². The van der Waals surface area contributed by atoms with Crippen molar-refractivity contribution in [3.05, 3.63) is 114 Å². The van der Waals surface area contributed by atoms with Crippen LogP contribution in [0.15, 0.2) is 91.1 Å². The summed E-state index contributed by atoms with van der Waals surface area (Å²) in [6, 6.07) is 25.1. The summed E-state index contributed by atoms with van der Waals surface area (Å²) in [5.41, 5.74) is 3.75. The van der Waals surface area contributed by atoms with Crippen molar-refractivity contribution in [2.75, 3.05) is 0 Å². The number of benzene rings is 3. The quantitative estimate of drug-likeness (QED) is 0.409. The van der Waals surface area contributed by atoms with Crippen LogP contribution in [0.3, 0.4) is 0 Å². The Morgan fingerprint density at radius 3 is 2.29 bits per heavy atom. The van der Waals surface area contributed by atoms with Gasteiger partial charge in [0, 0.05) is 18.4 Å². The molecule has 0 fully saturated rings. The molecule has 0 atom stereocenters. The monoisotopic (exact) mass is 414 g/mol. The number of aryl methyl sites for hydroxylation is 1. The first-order valence-corrected chi connectivity index (χ1v) is 10.2. The van der Waals surface area contributed by atoms with E-state index in [0.29, 0.717) is 23.7 Å². The largest absolute Gasteiger partial charge is 0.457 e. The van der Waals surface area contributed by atoms with Crippen LogP contribution in [0.25, 0.3) is 5.69 Å². The molecule has 0 unspecified atom stereocenters. The van der Waals surface area contributed by atoms with Crippen LogP contribution >= 0.6 is 0 Å². The minimum absolute atomic E-state index is 0.137. The number of carbonyl (C=O) groups excluding carboxylic acids is 1. The summed E-state index contributed by atoms with van der Waals surface area (Å²) in [7, 11) is 0. The summed E-state index contributed by atoms with van der Waals surface area (Å²) in [4.78, 5) is 12.8. The molecule has 156 valence electrons. The molecule has 3 aromatic carbocycles. The van der Waals surface area contributed by atoms with Crippen molar-refractivity contribution in [3.8, 4) is 17.2 Å². The maximum absolute atomic E-state index is 13.0. The van der Waals surface area contributed by atoms with E-state index >= 15 is 0 Å². The maximum atomic E-state index is 13.0. The lowest BCUT2D eigenvalue weighted by molar-refractivity contribution is 0.0944. The van der Waals surface area contributed by atoms with Gasteiger partial charge in [-0.3, -0.25) is 4.79 Å². The van der Waals surface area contributed by atoms with E-state index in [2.05, 4.69) is 18.3 Å². The molecule has 0 bridgehead atoms. The van der Waals surface area contributed by atoms with Crippen LogP contribution in [0, 0.1) is 5.82 Å². The zero-order valence-corrected chi connectivity index (χ0v) is 17.2. The number of para-hydroxylation sites is 1. The molecule has 0 spiro atoms. The SMILES string of the molecule is CCc1ccccc1-n1cccc1C(=O)NCc1ccc(Oc2ccc(F)cc2)cc1. The van der Waals surface area contributed by atoms with E-state index in [0.717, 1.165) is 17.7 Å². The van der Waals surface area contributed by atoms with Gasteiger partial charge < -0.3 is 14.6 Å². The van der Waals surface area contributed by atoms with E-state index in [4.69, 9.17) is 4.74 Å². The summed E-state index contributed by atoms with van der Waals surface area (Å²) in [6.07, 6.45) is 2.80. The van der Waals surface area contributed by atoms with Crippen LogP contribution in [-0.2, 0) is 13.0 Å². The third kappa shape index (κ3) is 4.83. The minimum Gasteiger partial charge on any atom is -0.457 e. The molecule has 4 nitrogen and oxygen atoms in total. The summed E-state index contributed by atoms with van der Waals surface area (Å²) in [5.74, 6) is 0.771. The number of hydrogen-bond donors (Lipinski definition) is 1. The van der Waals surface area contributed by atoms with Gasteiger partial charge in [0.25, 0.3) is 5.91 Å².